The van der Waals surface area contributed by atoms with E-state index in [1.54, 1.807) is 0 Å². The molecule has 4 N–H and O–H groups in total. The highest BCUT2D eigenvalue weighted by Crippen LogP contribution is 2.05. The molecular weight excluding hydrogens is 124 g/mol. The molecule has 9 heavy (non-hydrogen) atoms. The molecular formula is C4H8N2O3. The molecule has 0 bridgehead atoms. The van der Waals surface area contributed by atoms with E-state index in [-0.39, 0.29) is 6.54 Å². The second-order valence-corrected chi connectivity index (χ2v) is 2.01. The van der Waals surface area contributed by atoms with Crippen molar-refractivity contribution in [3.05, 3.63) is 0 Å². The number of aliphatic hydroxyl groups is 1. The van der Waals surface area contributed by atoms with Gasteiger partial charge in [-0.1, -0.05) is 0 Å². The molecule has 0 aliphatic carbocycles. The van der Waals surface area contributed by atoms with Crippen LogP contribution in [0.3, 0.4) is 0 Å². The zero-order valence-electron chi connectivity index (χ0n) is 4.69. The molecule has 0 spiro atoms. The molecule has 0 radical (unpaired) electrons. The fourth-order valence-electron chi connectivity index (χ4n) is 0.717. The lowest BCUT2D eigenvalue weighted by Gasteiger charge is -2.02. The maximum Gasteiger partial charge on any atom is 0.265 e. The molecule has 0 aromatic heterocycles. The van der Waals surface area contributed by atoms with Gasteiger partial charge in [0.05, 0.1) is 12.6 Å². The Morgan fingerprint density at radius 1 is 1.78 bits per heavy atom. The Kier molecular flexibility index (Phi) is 1.40. The number of carbonyl (C=O) groups excluding carboxylic acids is 1. The SMILES string of the molecule is NC1C(=O)N(O)CC1O. The van der Waals surface area contributed by atoms with Crippen LogP contribution < -0.4 is 5.73 Å². The summed E-state index contributed by atoms with van der Waals surface area (Å²) in [6.45, 7) is -0.0833. The molecule has 5 heteroatoms. The van der Waals surface area contributed by atoms with Crippen LogP contribution in [0.25, 0.3) is 0 Å². The van der Waals surface area contributed by atoms with Crippen LogP contribution in [0, 0.1) is 0 Å². The van der Waals surface area contributed by atoms with Gasteiger partial charge in [0.2, 0.25) is 0 Å². The van der Waals surface area contributed by atoms with Gasteiger partial charge in [-0.3, -0.25) is 10.0 Å². The van der Waals surface area contributed by atoms with Crippen molar-refractivity contribution < 1.29 is 15.1 Å². The highest BCUT2D eigenvalue weighted by atomic mass is 16.5. The standard InChI is InChI=1S/C4H8N2O3/c5-3-2(7)1-6(9)4(3)8/h2-3,7,9H,1,5H2. The average molecular weight is 132 g/mol. The number of carbonyl (C=O) groups is 1. The normalized spacial score (nSPS) is 35.9. The lowest BCUT2D eigenvalue weighted by Crippen LogP contribution is -2.37. The topological polar surface area (TPSA) is 86.8 Å². The van der Waals surface area contributed by atoms with E-state index in [2.05, 4.69) is 0 Å². The van der Waals surface area contributed by atoms with Gasteiger partial charge in [0, 0.05) is 0 Å². The Balaban J connectivity index is 2.65. The summed E-state index contributed by atoms with van der Waals surface area (Å²) in [5.74, 6) is -0.623. The Morgan fingerprint density at radius 2 is 2.33 bits per heavy atom. The quantitative estimate of drug-likeness (QED) is 0.330. The molecule has 2 unspecified atom stereocenters. The van der Waals surface area contributed by atoms with Crippen LogP contribution in [0.5, 0.6) is 0 Å². The average Bonchev–Trinajstić information content (AvgIpc) is 1.98. The summed E-state index contributed by atoms with van der Waals surface area (Å²) < 4.78 is 0. The monoisotopic (exact) mass is 132 g/mol. The lowest BCUT2D eigenvalue weighted by atomic mass is 10.2. The molecule has 0 aromatic rings. The summed E-state index contributed by atoms with van der Waals surface area (Å²) in [4.78, 5) is 10.5. The van der Waals surface area contributed by atoms with Gasteiger partial charge in [-0.2, -0.15) is 0 Å². The predicted molar refractivity (Wildman–Crippen MR) is 27.5 cm³/mol. The number of nitrogens with two attached hydrogens (primary N) is 1. The first-order chi connectivity index (χ1) is 4.13. The van der Waals surface area contributed by atoms with E-state index in [0.717, 1.165) is 0 Å². The summed E-state index contributed by atoms with van der Waals surface area (Å²) in [5, 5.41) is 17.8. The van der Waals surface area contributed by atoms with Crippen LogP contribution in [0.2, 0.25) is 0 Å². The second kappa shape index (κ2) is 1.94. The first kappa shape index (κ1) is 6.47. The molecule has 0 saturated carbocycles. The number of β-amino-alcohol motifs (C(OH)–C–C–N with tert-alkyl or cyclic N) is 1. The van der Waals surface area contributed by atoms with Gasteiger partial charge in [0.25, 0.3) is 5.91 Å². The summed E-state index contributed by atoms with van der Waals surface area (Å²) in [5.41, 5.74) is 5.11. The van der Waals surface area contributed by atoms with Crippen molar-refractivity contribution in [1.82, 2.24) is 5.06 Å². The number of aliphatic hydroxyl groups excluding tert-OH is 1. The van der Waals surface area contributed by atoms with Crippen molar-refractivity contribution in [2.45, 2.75) is 12.1 Å². The molecule has 1 aliphatic heterocycles. The first-order valence-electron chi connectivity index (χ1n) is 2.57. The zero-order valence-corrected chi connectivity index (χ0v) is 4.69. The molecule has 52 valence electrons. The van der Waals surface area contributed by atoms with Crippen molar-refractivity contribution in [2.24, 2.45) is 5.73 Å². The highest BCUT2D eigenvalue weighted by Gasteiger charge is 2.35. The molecule has 1 fully saturated rings. The molecule has 2 atom stereocenters. The van der Waals surface area contributed by atoms with E-state index < -0.39 is 18.1 Å². The Morgan fingerprint density at radius 3 is 2.44 bits per heavy atom. The zero-order chi connectivity index (χ0) is 7.02. The van der Waals surface area contributed by atoms with E-state index in [0.29, 0.717) is 5.06 Å². The Hall–Kier alpha value is -0.650. The molecule has 1 aliphatic rings. The Labute approximate surface area is 51.6 Å². The van der Waals surface area contributed by atoms with E-state index in [1.165, 1.54) is 0 Å². The van der Waals surface area contributed by atoms with E-state index in [1.807, 2.05) is 0 Å². The smallest absolute Gasteiger partial charge is 0.265 e. The number of amides is 1. The number of hydrogen-bond donors (Lipinski definition) is 3. The van der Waals surface area contributed by atoms with Crippen LogP contribution >= 0.6 is 0 Å². The highest BCUT2D eigenvalue weighted by molar-refractivity contribution is 5.83. The van der Waals surface area contributed by atoms with Crippen molar-refractivity contribution in [3.63, 3.8) is 0 Å². The van der Waals surface area contributed by atoms with Gasteiger partial charge in [-0.25, -0.2) is 5.06 Å². The third-order valence-electron chi connectivity index (χ3n) is 1.31. The Bertz CT molecular complexity index is 138. The predicted octanol–water partition coefficient (Wildman–Crippen LogP) is -2.09. The molecule has 0 aromatic carbocycles. The van der Waals surface area contributed by atoms with Crippen LogP contribution in [-0.4, -0.2) is 40.0 Å². The van der Waals surface area contributed by atoms with Crippen molar-refractivity contribution in [3.8, 4) is 0 Å². The van der Waals surface area contributed by atoms with Crippen molar-refractivity contribution in [1.29, 1.82) is 0 Å². The summed E-state index contributed by atoms with van der Waals surface area (Å²) in [7, 11) is 0. The molecule has 1 heterocycles. The minimum absolute atomic E-state index is 0.0833. The first-order valence-corrected chi connectivity index (χ1v) is 2.57. The maximum absolute atomic E-state index is 10.5. The van der Waals surface area contributed by atoms with Crippen LogP contribution in [0.1, 0.15) is 0 Å². The summed E-state index contributed by atoms with van der Waals surface area (Å²) in [6.07, 6.45) is -0.928. The number of hydrogen-bond acceptors (Lipinski definition) is 4. The van der Waals surface area contributed by atoms with Gasteiger partial charge >= 0.3 is 0 Å². The van der Waals surface area contributed by atoms with Gasteiger partial charge in [-0.15, -0.1) is 0 Å². The van der Waals surface area contributed by atoms with Gasteiger partial charge in [0.15, 0.2) is 0 Å². The number of hydroxylamine groups is 2. The van der Waals surface area contributed by atoms with Gasteiger partial charge in [0.1, 0.15) is 6.04 Å². The number of nitrogens with zero attached hydrogens (tertiary/aromatic N) is 1. The fraction of sp³-hybridized carbons (Fsp3) is 0.750. The summed E-state index contributed by atoms with van der Waals surface area (Å²) >= 11 is 0. The minimum Gasteiger partial charge on any atom is -0.389 e. The largest absolute Gasteiger partial charge is 0.389 e. The van der Waals surface area contributed by atoms with Gasteiger partial charge in [-0.05, 0) is 0 Å². The molecule has 1 rings (SSSR count). The van der Waals surface area contributed by atoms with Gasteiger partial charge < -0.3 is 10.8 Å². The number of rotatable bonds is 0. The van der Waals surface area contributed by atoms with Crippen LogP contribution in [0.15, 0.2) is 0 Å². The summed E-state index contributed by atoms with van der Waals surface area (Å²) in [6, 6.07) is -0.949. The molecule has 1 saturated heterocycles. The third-order valence-corrected chi connectivity index (χ3v) is 1.31. The van der Waals surface area contributed by atoms with E-state index >= 15 is 0 Å². The van der Waals surface area contributed by atoms with E-state index in [9.17, 15) is 4.79 Å². The maximum atomic E-state index is 10.5. The van der Waals surface area contributed by atoms with Crippen LogP contribution in [-0.2, 0) is 4.79 Å². The van der Waals surface area contributed by atoms with E-state index in [4.69, 9.17) is 16.0 Å². The van der Waals surface area contributed by atoms with Crippen molar-refractivity contribution in [2.75, 3.05) is 6.54 Å². The molecule has 5 nitrogen and oxygen atoms in total. The molecule has 1 amide bonds. The third kappa shape index (κ3) is 0.893. The fourth-order valence-corrected chi connectivity index (χ4v) is 0.717. The van der Waals surface area contributed by atoms with Crippen LogP contribution in [0.4, 0.5) is 0 Å². The lowest BCUT2D eigenvalue weighted by molar-refractivity contribution is -0.158. The second-order valence-electron chi connectivity index (χ2n) is 2.01. The van der Waals surface area contributed by atoms with Crippen molar-refractivity contribution >= 4 is 5.91 Å². The minimum atomic E-state index is -0.949.